The first-order valence-corrected chi connectivity index (χ1v) is 8.29. The van der Waals surface area contributed by atoms with Crippen LogP contribution in [-0.4, -0.2) is 29.0 Å². The van der Waals surface area contributed by atoms with Gasteiger partial charge in [-0.05, 0) is 43.2 Å². The van der Waals surface area contributed by atoms with Crippen molar-refractivity contribution >= 4 is 28.4 Å². The summed E-state index contributed by atoms with van der Waals surface area (Å²) in [5.41, 5.74) is 2.08. The Kier molecular flexibility index (Phi) is 4.01. The van der Waals surface area contributed by atoms with Gasteiger partial charge in [-0.1, -0.05) is 18.2 Å². The van der Waals surface area contributed by atoms with Crippen molar-refractivity contribution < 1.29 is 9.18 Å². The monoisotopic (exact) mass is 336 g/mol. The lowest BCUT2D eigenvalue weighted by molar-refractivity contribution is 0.102. The number of nitrogens with one attached hydrogen (secondary N) is 1. The Labute approximate surface area is 144 Å². The third-order valence-corrected chi connectivity index (χ3v) is 4.26. The number of para-hydroxylation sites is 2. The lowest BCUT2D eigenvalue weighted by atomic mass is 10.2. The van der Waals surface area contributed by atoms with Crippen LogP contribution >= 0.6 is 0 Å². The fraction of sp³-hybridized carbons (Fsp3) is 0.211. The first-order chi connectivity index (χ1) is 12.2. The van der Waals surface area contributed by atoms with Crippen molar-refractivity contribution in [3.8, 4) is 0 Å². The van der Waals surface area contributed by atoms with E-state index in [1.54, 1.807) is 12.1 Å². The molecule has 0 radical (unpaired) electrons. The Morgan fingerprint density at radius 3 is 2.44 bits per heavy atom. The van der Waals surface area contributed by atoms with Gasteiger partial charge in [-0.2, -0.15) is 0 Å². The minimum Gasteiger partial charge on any atom is -0.355 e. The molecule has 0 saturated carbocycles. The van der Waals surface area contributed by atoms with E-state index in [0.29, 0.717) is 17.0 Å². The minimum atomic E-state index is -0.401. The largest absolute Gasteiger partial charge is 0.355 e. The van der Waals surface area contributed by atoms with Crippen molar-refractivity contribution in [2.75, 3.05) is 23.3 Å². The molecule has 1 saturated heterocycles. The number of carbonyl (C=O) groups is 1. The van der Waals surface area contributed by atoms with E-state index in [9.17, 15) is 9.18 Å². The van der Waals surface area contributed by atoms with Gasteiger partial charge in [-0.15, -0.1) is 0 Å². The predicted octanol–water partition coefficient (Wildman–Crippen LogP) is 3.62. The normalized spacial score (nSPS) is 14.0. The van der Waals surface area contributed by atoms with E-state index in [1.165, 1.54) is 12.1 Å². The summed E-state index contributed by atoms with van der Waals surface area (Å²) in [6, 6.07) is 13.3. The van der Waals surface area contributed by atoms with E-state index in [-0.39, 0.29) is 11.6 Å². The quantitative estimate of drug-likeness (QED) is 0.794. The number of hydrogen-bond acceptors (Lipinski definition) is 4. The average molecular weight is 336 g/mol. The highest BCUT2D eigenvalue weighted by atomic mass is 19.1. The van der Waals surface area contributed by atoms with Crippen LogP contribution < -0.4 is 10.2 Å². The molecule has 0 bridgehead atoms. The summed E-state index contributed by atoms with van der Waals surface area (Å²) in [5.74, 6) is -0.196. The zero-order chi connectivity index (χ0) is 17.2. The maximum Gasteiger partial charge on any atom is 0.278 e. The summed E-state index contributed by atoms with van der Waals surface area (Å²) in [6.07, 6.45) is 2.14. The van der Waals surface area contributed by atoms with Crippen LogP contribution in [0.2, 0.25) is 0 Å². The molecule has 1 fully saturated rings. The summed E-state index contributed by atoms with van der Waals surface area (Å²) in [7, 11) is 0. The smallest absolute Gasteiger partial charge is 0.278 e. The molecule has 4 rings (SSSR count). The van der Waals surface area contributed by atoms with Gasteiger partial charge in [0.2, 0.25) is 0 Å². The second kappa shape index (κ2) is 6.47. The maximum absolute atomic E-state index is 13.4. The topological polar surface area (TPSA) is 58.1 Å². The number of anilines is 2. The van der Waals surface area contributed by atoms with Gasteiger partial charge in [0.05, 0.1) is 11.0 Å². The molecule has 1 aliphatic heterocycles. The second-order valence-electron chi connectivity index (χ2n) is 6.04. The molecule has 126 valence electrons. The summed E-state index contributed by atoms with van der Waals surface area (Å²) >= 11 is 0. The number of nitrogens with zero attached hydrogens (tertiary/aromatic N) is 3. The van der Waals surface area contributed by atoms with Gasteiger partial charge in [0.1, 0.15) is 5.82 Å². The van der Waals surface area contributed by atoms with Gasteiger partial charge in [-0.25, -0.2) is 14.4 Å². The Morgan fingerprint density at radius 2 is 1.72 bits per heavy atom. The van der Waals surface area contributed by atoms with E-state index >= 15 is 0 Å². The molecule has 2 aromatic carbocycles. The summed E-state index contributed by atoms with van der Waals surface area (Å²) in [5, 5.41) is 2.72. The van der Waals surface area contributed by atoms with Crippen molar-refractivity contribution in [3.63, 3.8) is 0 Å². The average Bonchev–Trinajstić information content (AvgIpc) is 3.15. The number of benzene rings is 2. The number of halogens is 1. The van der Waals surface area contributed by atoms with Crippen LogP contribution in [-0.2, 0) is 0 Å². The van der Waals surface area contributed by atoms with Crippen molar-refractivity contribution in [3.05, 3.63) is 60.0 Å². The molecule has 0 aliphatic carbocycles. The number of fused-ring (bicyclic) bond motifs is 1. The van der Waals surface area contributed by atoms with Gasteiger partial charge >= 0.3 is 0 Å². The van der Waals surface area contributed by atoms with E-state index in [0.717, 1.165) is 31.4 Å². The molecular weight excluding hydrogens is 319 g/mol. The number of rotatable bonds is 3. The van der Waals surface area contributed by atoms with Crippen molar-refractivity contribution in [1.82, 2.24) is 9.97 Å². The number of amides is 1. The van der Waals surface area contributed by atoms with Crippen LogP contribution in [0.5, 0.6) is 0 Å². The molecule has 2 heterocycles. The molecule has 1 aliphatic rings. The van der Waals surface area contributed by atoms with Crippen LogP contribution in [0.15, 0.2) is 48.5 Å². The van der Waals surface area contributed by atoms with Crippen LogP contribution in [0.25, 0.3) is 11.0 Å². The number of hydrogen-bond donors (Lipinski definition) is 1. The van der Waals surface area contributed by atoms with E-state index in [4.69, 9.17) is 0 Å². The van der Waals surface area contributed by atoms with Gasteiger partial charge in [0.15, 0.2) is 11.5 Å². The van der Waals surface area contributed by atoms with Gasteiger partial charge in [0, 0.05) is 18.8 Å². The first kappa shape index (κ1) is 15.5. The zero-order valence-electron chi connectivity index (χ0n) is 13.6. The highest BCUT2D eigenvalue weighted by Gasteiger charge is 2.23. The summed E-state index contributed by atoms with van der Waals surface area (Å²) < 4.78 is 13.4. The lowest BCUT2D eigenvalue weighted by Crippen LogP contribution is -2.25. The van der Waals surface area contributed by atoms with E-state index in [2.05, 4.69) is 20.2 Å². The standard InChI is InChI=1S/C19H17FN4O/c20-13-6-5-7-14(12-13)21-19(25)17-18(24-10-3-4-11-24)23-16-9-2-1-8-15(16)22-17/h1-2,5-9,12H,3-4,10-11H2,(H,21,25). The van der Waals surface area contributed by atoms with Crippen LogP contribution in [0.1, 0.15) is 23.3 Å². The third kappa shape index (κ3) is 3.15. The van der Waals surface area contributed by atoms with Gasteiger partial charge in [0.25, 0.3) is 5.91 Å². The van der Waals surface area contributed by atoms with Crippen LogP contribution in [0.3, 0.4) is 0 Å². The molecule has 1 N–H and O–H groups in total. The van der Waals surface area contributed by atoms with Crippen molar-refractivity contribution in [2.24, 2.45) is 0 Å². The highest BCUT2D eigenvalue weighted by Crippen LogP contribution is 2.25. The number of carbonyl (C=O) groups excluding carboxylic acids is 1. The Morgan fingerprint density at radius 1 is 1.00 bits per heavy atom. The molecular formula is C19H17FN4O. The molecule has 0 spiro atoms. The van der Waals surface area contributed by atoms with Crippen molar-refractivity contribution in [2.45, 2.75) is 12.8 Å². The van der Waals surface area contributed by atoms with Gasteiger partial charge in [-0.3, -0.25) is 4.79 Å². The predicted molar refractivity (Wildman–Crippen MR) is 95.3 cm³/mol. The van der Waals surface area contributed by atoms with E-state index < -0.39 is 5.82 Å². The Hall–Kier alpha value is -3.02. The van der Waals surface area contributed by atoms with Gasteiger partial charge < -0.3 is 10.2 Å². The molecule has 25 heavy (non-hydrogen) atoms. The zero-order valence-corrected chi connectivity index (χ0v) is 13.6. The van der Waals surface area contributed by atoms with E-state index in [1.807, 2.05) is 24.3 Å². The SMILES string of the molecule is O=C(Nc1cccc(F)c1)c1nc2ccccc2nc1N1CCCC1. The third-order valence-electron chi connectivity index (χ3n) is 4.26. The first-order valence-electron chi connectivity index (χ1n) is 8.29. The fourth-order valence-electron chi connectivity index (χ4n) is 3.05. The summed E-state index contributed by atoms with van der Waals surface area (Å²) in [4.78, 5) is 24.1. The Bertz CT molecular complexity index is 938. The molecule has 0 atom stereocenters. The highest BCUT2D eigenvalue weighted by molar-refractivity contribution is 6.07. The molecule has 6 heteroatoms. The number of aromatic nitrogens is 2. The van der Waals surface area contributed by atoms with Crippen LogP contribution in [0, 0.1) is 5.82 Å². The molecule has 0 unspecified atom stereocenters. The Balaban J connectivity index is 1.75. The molecule has 1 aromatic heterocycles. The minimum absolute atomic E-state index is 0.268. The molecule has 5 nitrogen and oxygen atoms in total. The van der Waals surface area contributed by atoms with Crippen molar-refractivity contribution in [1.29, 1.82) is 0 Å². The lowest BCUT2D eigenvalue weighted by Gasteiger charge is -2.19. The summed E-state index contributed by atoms with van der Waals surface area (Å²) in [6.45, 7) is 1.71. The van der Waals surface area contributed by atoms with Crippen LogP contribution in [0.4, 0.5) is 15.9 Å². The second-order valence-corrected chi connectivity index (χ2v) is 6.04. The maximum atomic E-state index is 13.4. The molecule has 3 aromatic rings. The fourth-order valence-corrected chi connectivity index (χ4v) is 3.05. The molecule has 1 amide bonds.